The number of aliphatic hydroxyl groups is 1. The summed E-state index contributed by atoms with van der Waals surface area (Å²) in [6.07, 6.45) is 0.653. The van der Waals surface area contributed by atoms with Crippen LogP contribution in [-0.2, 0) is 27.0 Å². The Morgan fingerprint density at radius 2 is 2.03 bits per heavy atom. The molecule has 0 aromatic heterocycles. The van der Waals surface area contributed by atoms with Crippen LogP contribution in [0.5, 0.6) is 0 Å². The zero-order chi connectivity index (χ0) is 21.3. The average Bonchev–Trinajstić information content (AvgIpc) is 3.26. The minimum Gasteiger partial charge on any atom is -0.392 e. The van der Waals surface area contributed by atoms with Gasteiger partial charge in [0.15, 0.2) is 0 Å². The molecule has 2 aromatic rings. The van der Waals surface area contributed by atoms with Crippen LogP contribution in [0.25, 0.3) is 0 Å². The Bertz CT molecular complexity index is 1030. The monoisotopic (exact) mass is 429 g/mol. The van der Waals surface area contributed by atoms with Gasteiger partial charge < -0.3 is 10.0 Å². The molecular formula is C22H27N3O4S. The maximum Gasteiger partial charge on any atom is 0.237 e. The molecule has 2 aliphatic rings. The van der Waals surface area contributed by atoms with E-state index in [0.29, 0.717) is 24.3 Å². The summed E-state index contributed by atoms with van der Waals surface area (Å²) in [7, 11) is -1.49. The van der Waals surface area contributed by atoms with Crippen LogP contribution in [0, 0.1) is 0 Å². The smallest absolute Gasteiger partial charge is 0.237 e. The Balaban J connectivity index is 1.50. The molecule has 160 valence electrons. The molecule has 2 atom stereocenters. The highest BCUT2D eigenvalue weighted by Gasteiger charge is 2.29. The van der Waals surface area contributed by atoms with E-state index in [-0.39, 0.29) is 30.2 Å². The summed E-state index contributed by atoms with van der Waals surface area (Å²) in [5.74, 6) is -0.0817. The Morgan fingerprint density at radius 3 is 2.73 bits per heavy atom. The van der Waals surface area contributed by atoms with Gasteiger partial charge in [0.1, 0.15) is 0 Å². The van der Waals surface area contributed by atoms with Crippen LogP contribution >= 0.6 is 0 Å². The molecule has 1 fully saturated rings. The van der Waals surface area contributed by atoms with Crippen LogP contribution in [0.2, 0.25) is 0 Å². The third kappa shape index (κ3) is 4.66. The lowest BCUT2D eigenvalue weighted by Crippen LogP contribution is -2.39. The number of nitrogens with one attached hydrogen (secondary N) is 1. The second-order valence-corrected chi connectivity index (χ2v) is 9.88. The van der Waals surface area contributed by atoms with Crippen molar-refractivity contribution in [2.45, 2.75) is 30.7 Å². The fraction of sp³-hybridized carbons (Fsp3) is 0.409. The van der Waals surface area contributed by atoms with Gasteiger partial charge in [0.2, 0.25) is 15.9 Å². The molecule has 30 heavy (non-hydrogen) atoms. The van der Waals surface area contributed by atoms with E-state index >= 15 is 0 Å². The first kappa shape index (κ1) is 20.8. The molecule has 2 heterocycles. The summed E-state index contributed by atoms with van der Waals surface area (Å²) in [6.45, 7) is 2.10. The molecule has 1 amide bonds. The number of rotatable bonds is 6. The van der Waals surface area contributed by atoms with Crippen LogP contribution in [0.3, 0.4) is 0 Å². The molecule has 0 aliphatic carbocycles. The van der Waals surface area contributed by atoms with Crippen molar-refractivity contribution in [3.8, 4) is 0 Å². The van der Waals surface area contributed by atoms with Crippen molar-refractivity contribution in [1.29, 1.82) is 0 Å². The number of hydrogen-bond acceptors (Lipinski definition) is 5. The van der Waals surface area contributed by atoms with Crippen molar-refractivity contribution in [2.24, 2.45) is 0 Å². The number of hydrogen-bond donors (Lipinski definition) is 2. The molecule has 8 heteroatoms. The summed E-state index contributed by atoms with van der Waals surface area (Å²) < 4.78 is 26.0. The van der Waals surface area contributed by atoms with Gasteiger partial charge in [-0.25, -0.2) is 8.42 Å². The topological polar surface area (TPSA) is 90.0 Å². The number of likely N-dealkylation sites (N-methyl/N-ethyl adjacent to an activating group) is 1. The number of fused-ring (bicyclic) bond motifs is 1. The molecule has 7 nitrogen and oxygen atoms in total. The van der Waals surface area contributed by atoms with Crippen molar-refractivity contribution in [2.75, 3.05) is 31.4 Å². The summed E-state index contributed by atoms with van der Waals surface area (Å²) in [4.78, 5) is 17.1. The number of benzene rings is 2. The van der Waals surface area contributed by atoms with Crippen LogP contribution in [0.4, 0.5) is 5.69 Å². The van der Waals surface area contributed by atoms with Gasteiger partial charge >= 0.3 is 0 Å². The van der Waals surface area contributed by atoms with Crippen molar-refractivity contribution in [3.05, 3.63) is 65.2 Å². The predicted octanol–water partition coefficient (Wildman–Crippen LogP) is 1.75. The van der Waals surface area contributed by atoms with E-state index in [0.717, 1.165) is 24.1 Å². The molecule has 2 aromatic carbocycles. The average molecular weight is 430 g/mol. The molecule has 4 rings (SSSR count). The van der Waals surface area contributed by atoms with Crippen molar-refractivity contribution in [1.82, 2.24) is 9.80 Å². The summed E-state index contributed by atoms with van der Waals surface area (Å²) in [6, 6.07) is 15.1. The minimum absolute atomic E-state index is 0.0302. The number of sulfonamides is 1. The molecule has 0 radical (unpaired) electrons. The van der Waals surface area contributed by atoms with Crippen molar-refractivity contribution < 1.29 is 18.3 Å². The van der Waals surface area contributed by atoms with Crippen LogP contribution in [-0.4, -0.2) is 62.0 Å². The zero-order valence-electron chi connectivity index (χ0n) is 17.0. The number of amides is 1. The molecule has 0 bridgehead atoms. The second-order valence-electron chi connectivity index (χ2n) is 8.16. The highest BCUT2D eigenvalue weighted by atomic mass is 32.2. The van der Waals surface area contributed by atoms with E-state index < -0.39 is 10.0 Å². The molecule has 0 spiro atoms. The number of aliphatic hydroxyl groups excluding tert-OH is 1. The van der Waals surface area contributed by atoms with Crippen LogP contribution < -0.4 is 4.72 Å². The van der Waals surface area contributed by atoms with E-state index in [4.69, 9.17) is 0 Å². The second kappa shape index (κ2) is 8.37. The Labute approximate surface area is 177 Å². The molecular weight excluding hydrogens is 402 g/mol. The molecule has 0 saturated carbocycles. The Hall–Kier alpha value is -2.42. The van der Waals surface area contributed by atoms with Crippen molar-refractivity contribution in [3.63, 3.8) is 0 Å². The van der Waals surface area contributed by atoms with Crippen molar-refractivity contribution >= 4 is 21.6 Å². The van der Waals surface area contributed by atoms with Crippen LogP contribution in [0.1, 0.15) is 29.2 Å². The fourth-order valence-corrected chi connectivity index (χ4v) is 5.46. The summed E-state index contributed by atoms with van der Waals surface area (Å²) in [5.41, 5.74) is 3.15. The van der Waals surface area contributed by atoms with Gasteiger partial charge in [-0.15, -0.1) is 0 Å². The maximum atomic E-state index is 13.1. The van der Waals surface area contributed by atoms with E-state index in [2.05, 4.69) is 9.62 Å². The first-order valence-corrected chi connectivity index (χ1v) is 11.8. The quantitative estimate of drug-likeness (QED) is 0.730. The van der Waals surface area contributed by atoms with Crippen LogP contribution in [0.15, 0.2) is 48.5 Å². The maximum absolute atomic E-state index is 13.1. The molecule has 1 unspecified atom stereocenters. The minimum atomic E-state index is -3.31. The number of likely N-dealkylation sites (tertiary alicyclic amines) is 1. The summed E-state index contributed by atoms with van der Waals surface area (Å²) in [5, 5.41) is 9.87. The number of carbonyl (C=O) groups is 1. The standard InChI is InChI=1S/C22H27N3O4S/c1-24(21(17-5-3-2-4-6-17)14-25-10-9-19(26)13-25)22(27)12-16-7-8-20-18(11-16)15-30(28,29)23-20/h2-8,11,19,21,23,26H,9-10,12-15H2,1H3/t19?,21-/m1/s1. The van der Waals surface area contributed by atoms with Gasteiger partial charge in [0, 0.05) is 26.7 Å². The van der Waals surface area contributed by atoms with Gasteiger partial charge in [0.05, 0.1) is 30.0 Å². The highest BCUT2D eigenvalue weighted by Crippen LogP contribution is 2.29. The Kier molecular flexibility index (Phi) is 5.81. The van der Waals surface area contributed by atoms with E-state index in [1.807, 2.05) is 37.4 Å². The largest absolute Gasteiger partial charge is 0.392 e. The first-order valence-electron chi connectivity index (χ1n) is 10.1. The van der Waals surface area contributed by atoms with E-state index in [1.165, 1.54) is 0 Å². The third-order valence-corrected chi connectivity index (χ3v) is 7.08. The normalized spacial score (nSPS) is 21.1. The van der Waals surface area contributed by atoms with Gasteiger partial charge in [-0.1, -0.05) is 42.5 Å². The molecule has 2 aliphatic heterocycles. The SMILES string of the molecule is CN(C(=O)Cc1ccc2c(c1)CS(=O)(=O)N2)[C@H](CN1CCC(O)C1)c1ccccc1. The lowest BCUT2D eigenvalue weighted by Gasteiger charge is -2.32. The van der Waals surface area contributed by atoms with Gasteiger partial charge in [-0.05, 0) is 29.2 Å². The first-order chi connectivity index (χ1) is 14.3. The number of carbonyl (C=O) groups excluding carboxylic acids is 1. The summed E-state index contributed by atoms with van der Waals surface area (Å²) >= 11 is 0. The zero-order valence-corrected chi connectivity index (χ0v) is 17.8. The lowest BCUT2D eigenvalue weighted by molar-refractivity contribution is -0.131. The molecule has 2 N–H and O–H groups in total. The molecule has 1 saturated heterocycles. The van der Waals surface area contributed by atoms with E-state index in [9.17, 15) is 18.3 Å². The van der Waals surface area contributed by atoms with Gasteiger partial charge in [-0.2, -0.15) is 0 Å². The lowest BCUT2D eigenvalue weighted by atomic mass is 10.0. The van der Waals surface area contributed by atoms with Gasteiger partial charge in [-0.3, -0.25) is 14.4 Å². The predicted molar refractivity (Wildman–Crippen MR) is 115 cm³/mol. The number of β-amino-alcohol motifs (C(OH)–C–C–N with tert-alkyl or cyclic N) is 1. The highest BCUT2D eigenvalue weighted by molar-refractivity contribution is 7.92. The fourth-order valence-electron chi connectivity index (χ4n) is 4.21. The number of anilines is 1. The number of nitrogens with zero attached hydrogens (tertiary/aromatic N) is 2. The van der Waals surface area contributed by atoms with Gasteiger partial charge in [0.25, 0.3) is 0 Å². The Morgan fingerprint density at radius 1 is 1.27 bits per heavy atom. The van der Waals surface area contributed by atoms with E-state index in [1.54, 1.807) is 23.1 Å². The third-order valence-electron chi connectivity index (χ3n) is 5.86.